The molecule has 0 bridgehead atoms. The highest BCUT2D eigenvalue weighted by atomic mass is 15.1. The second-order valence-corrected chi connectivity index (χ2v) is 5.86. The van der Waals surface area contributed by atoms with Crippen LogP contribution >= 0.6 is 0 Å². The van der Waals surface area contributed by atoms with Gasteiger partial charge in [-0.1, -0.05) is 13.8 Å². The Morgan fingerprint density at radius 2 is 2.30 bits per heavy atom. The number of nitrogens with zero attached hydrogens (tertiary/aromatic N) is 3. The largest absolute Gasteiger partial charge is 0.335 e. The number of rotatable bonds is 9. The van der Waals surface area contributed by atoms with Crippen molar-refractivity contribution >= 4 is 0 Å². The van der Waals surface area contributed by atoms with E-state index in [1.807, 2.05) is 6.20 Å². The normalized spacial score (nSPS) is 17.6. The molecule has 1 saturated carbocycles. The van der Waals surface area contributed by atoms with Crippen LogP contribution < -0.4 is 5.32 Å². The monoisotopic (exact) mass is 274 g/mol. The van der Waals surface area contributed by atoms with E-state index in [1.54, 1.807) is 0 Å². The summed E-state index contributed by atoms with van der Waals surface area (Å²) < 4.78 is 2.23. The highest BCUT2D eigenvalue weighted by molar-refractivity contribution is 5.09. The average molecular weight is 274 g/mol. The van der Waals surface area contributed by atoms with Gasteiger partial charge in [-0.15, -0.1) is 0 Å². The molecule has 1 fully saturated rings. The topological polar surface area (TPSA) is 53.6 Å². The first-order valence-electron chi connectivity index (χ1n) is 7.92. The van der Waals surface area contributed by atoms with Crippen LogP contribution in [-0.2, 0) is 13.0 Å². The summed E-state index contributed by atoms with van der Waals surface area (Å²) in [6.45, 7) is 5.25. The molecule has 0 saturated heterocycles. The predicted octanol–water partition coefficient (Wildman–Crippen LogP) is 3.04. The Balaban J connectivity index is 1.86. The van der Waals surface area contributed by atoms with Gasteiger partial charge in [0.15, 0.2) is 0 Å². The third kappa shape index (κ3) is 3.83. The molecule has 0 aliphatic heterocycles. The zero-order valence-electron chi connectivity index (χ0n) is 12.7. The quantitative estimate of drug-likeness (QED) is 0.753. The molecule has 0 aromatic carbocycles. The molecule has 4 heteroatoms. The van der Waals surface area contributed by atoms with Gasteiger partial charge in [0, 0.05) is 31.4 Å². The Bertz CT molecular complexity index is 455. The Kier molecular flexibility index (Phi) is 5.19. The fraction of sp³-hybridized carbons (Fsp3) is 0.750. The van der Waals surface area contributed by atoms with Crippen LogP contribution in [0.1, 0.15) is 58.2 Å². The summed E-state index contributed by atoms with van der Waals surface area (Å²) in [6.07, 6.45) is 11.4. The van der Waals surface area contributed by atoms with Crippen LogP contribution in [-0.4, -0.2) is 21.1 Å². The fourth-order valence-corrected chi connectivity index (χ4v) is 2.68. The number of imidazole rings is 1. The lowest BCUT2D eigenvalue weighted by Crippen LogP contribution is -2.44. The zero-order valence-corrected chi connectivity index (χ0v) is 12.7. The Hall–Kier alpha value is -1.34. The summed E-state index contributed by atoms with van der Waals surface area (Å²) in [5, 5.41) is 13.1. The van der Waals surface area contributed by atoms with E-state index in [1.165, 1.54) is 18.7 Å². The molecule has 0 amide bonds. The van der Waals surface area contributed by atoms with Gasteiger partial charge < -0.3 is 4.57 Å². The van der Waals surface area contributed by atoms with E-state index in [4.69, 9.17) is 0 Å². The molecule has 110 valence electrons. The second kappa shape index (κ2) is 6.90. The van der Waals surface area contributed by atoms with Crippen LogP contribution in [0.25, 0.3) is 0 Å². The van der Waals surface area contributed by atoms with Crippen molar-refractivity contribution in [3.63, 3.8) is 0 Å². The first-order chi connectivity index (χ1) is 9.73. The Morgan fingerprint density at radius 3 is 2.90 bits per heavy atom. The van der Waals surface area contributed by atoms with Gasteiger partial charge in [0.2, 0.25) is 0 Å². The van der Waals surface area contributed by atoms with E-state index in [0.717, 1.165) is 38.6 Å². The van der Waals surface area contributed by atoms with Crippen LogP contribution in [0.15, 0.2) is 12.4 Å². The lowest BCUT2D eigenvalue weighted by Gasteiger charge is -2.27. The Labute approximate surface area is 122 Å². The zero-order chi connectivity index (χ0) is 14.4. The lowest BCUT2D eigenvalue weighted by atomic mass is 9.91. The van der Waals surface area contributed by atoms with Gasteiger partial charge >= 0.3 is 0 Å². The Morgan fingerprint density at radius 1 is 1.50 bits per heavy atom. The number of aryl methyl sites for hydroxylation is 2. The van der Waals surface area contributed by atoms with Gasteiger partial charge in [-0.3, -0.25) is 5.32 Å². The van der Waals surface area contributed by atoms with Gasteiger partial charge in [-0.25, -0.2) is 4.98 Å². The van der Waals surface area contributed by atoms with E-state index >= 15 is 0 Å². The van der Waals surface area contributed by atoms with Gasteiger partial charge in [-0.05, 0) is 38.5 Å². The van der Waals surface area contributed by atoms with E-state index < -0.39 is 0 Å². The maximum Gasteiger partial charge on any atom is 0.108 e. The van der Waals surface area contributed by atoms with Crippen molar-refractivity contribution in [3.05, 3.63) is 18.2 Å². The predicted molar refractivity (Wildman–Crippen MR) is 80.2 cm³/mol. The highest BCUT2D eigenvalue weighted by Gasteiger charge is 2.34. The van der Waals surface area contributed by atoms with Crippen LogP contribution in [0.2, 0.25) is 0 Å². The number of hydrogen-bond donors (Lipinski definition) is 1. The summed E-state index contributed by atoms with van der Waals surface area (Å²) in [5.41, 5.74) is -0.327. The molecule has 0 radical (unpaired) electrons. The molecule has 1 unspecified atom stereocenters. The van der Waals surface area contributed by atoms with Crippen molar-refractivity contribution in [2.24, 2.45) is 0 Å². The molecule has 1 heterocycles. The smallest absolute Gasteiger partial charge is 0.108 e. The van der Waals surface area contributed by atoms with Crippen molar-refractivity contribution in [3.8, 4) is 6.07 Å². The minimum atomic E-state index is -0.327. The minimum Gasteiger partial charge on any atom is -0.335 e. The molecule has 1 aliphatic rings. The lowest BCUT2D eigenvalue weighted by molar-refractivity contribution is 0.350. The van der Waals surface area contributed by atoms with Crippen LogP contribution in [0.3, 0.4) is 0 Å². The molecule has 4 nitrogen and oxygen atoms in total. The summed E-state index contributed by atoms with van der Waals surface area (Å²) in [5.74, 6) is 1.17. The van der Waals surface area contributed by atoms with Gasteiger partial charge in [0.25, 0.3) is 0 Å². The van der Waals surface area contributed by atoms with E-state index in [9.17, 15) is 5.26 Å². The molecule has 1 aromatic rings. The average Bonchev–Trinajstić information content (AvgIpc) is 3.17. The van der Waals surface area contributed by atoms with E-state index in [-0.39, 0.29) is 5.54 Å². The summed E-state index contributed by atoms with van der Waals surface area (Å²) >= 11 is 0. The van der Waals surface area contributed by atoms with Gasteiger partial charge in [0.05, 0.1) is 6.07 Å². The standard InChI is InChI=1S/C16H26N4/c1-3-6-15-18-10-12-20(15)11-5-9-16(4-2,13-17)19-14-7-8-14/h10,12,14,19H,3-9,11H2,1-2H3. The minimum absolute atomic E-state index is 0.327. The highest BCUT2D eigenvalue weighted by Crippen LogP contribution is 2.26. The molecular weight excluding hydrogens is 248 g/mol. The number of nitrogens with one attached hydrogen (secondary N) is 1. The van der Waals surface area contributed by atoms with Crippen molar-refractivity contribution in [2.75, 3.05) is 0 Å². The third-order valence-corrected chi connectivity index (χ3v) is 4.15. The summed E-state index contributed by atoms with van der Waals surface area (Å²) in [6, 6.07) is 3.10. The number of hydrogen-bond acceptors (Lipinski definition) is 3. The molecule has 2 rings (SSSR count). The summed E-state index contributed by atoms with van der Waals surface area (Å²) in [7, 11) is 0. The first-order valence-corrected chi connectivity index (χ1v) is 7.92. The van der Waals surface area contributed by atoms with Crippen LogP contribution in [0, 0.1) is 11.3 Å². The number of aromatic nitrogens is 2. The maximum absolute atomic E-state index is 9.52. The molecule has 1 atom stereocenters. The van der Waals surface area contributed by atoms with E-state index in [0.29, 0.717) is 6.04 Å². The molecular formula is C16H26N4. The maximum atomic E-state index is 9.52. The second-order valence-electron chi connectivity index (χ2n) is 5.86. The summed E-state index contributed by atoms with van der Waals surface area (Å²) in [4.78, 5) is 4.40. The van der Waals surface area contributed by atoms with Crippen LogP contribution in [0.4, 0.5) is 0 Å². The molecule has 1 aliphatic carbocycles. The molecule has 1 aromatic heterocycles. The van der Waals surface area contributed by atoms with Crippen molar-refractivity contribution in [2.45, 2.75) is 76.9 Å². The van der Waals surface area contributed by atoms with Crippen molar-refractivity contribution in [1.82, 2.24) is 14.9 Å². The fourth-order valence-electron chi connectivity index (χ4n) is 2.68. The molecule has 1 N–H and O–H groups in total. The van der Waals surface area contributed by atoms with Gasteiger partial charge in [0.1, 0.15) is 11.4 Å². The molecule has 0 spiro atoms. The van der Waals surface area contributed by atoms with Crippen molar-refractivity contribution in [1.29, 1.82) is 5.26 Å². The third-order valence-electron chi connectivity index (χ3n) is 4.15. The van der Waals surface area contributed by atoms with Gasteiger partial charge in [-0.2, -0.15) is 5.26 Å². The number of nitriles is 1. The SMILES string of the molecule is CCCc1nccn1CCCC(C#N)(CC)NC1CC1. The van der Waals surface area contributed by atoms with Crippen molar-refractivity contribution < 1.29 is 0 Å². The molecule has 20 heavy (non-hydrogen) atoms. The van der Waals surface area contributed by atoms with Crippen LogP contribution in [0.5, 0.6) is 0 Å². The van der Waals surface area contributed by atoms with E-state index in [2.05, 4.69) is 41.0 Å². The first kappa shape index (κ1) is 15.1.